The van der Waals surface area contributed by atoms with Crippen molar-refractivity contribution in [3.05, 3.63) is 29.6 Å². The molecule has 0 aliphatic carbocycles. The van der Waals surface area contributed by atoms with Crippen LogP contribution in [0.25, 0.3) is 0 Å². The first kappa shape index (κ1) is 11.5. The van der Waals surface area contributed by atoms with Gasteiger partial charge in [-0.25, -0.2) is 4.39 Å². The molecule has 1 aromatic rings. The van der Waals surface area contributed by atoms with Gasteiger partial charge in [-0.1, -0.05) is 18.8 Å². The quantitative estimate of drug-likeness (QED) is 0.769. The van der Waals surface area contributed by atoms with E-state index in [1.807, 2.05) is 6.92 Å². The molecule has 0 amide bonds. The van der Waals surface area contributed by atoms with E-state index in [0.717, 1.165) is 6.42 Å². The fourth-order valence-corrected chi connectivity index (χ4v) is 1.07. The van der Waals surface area contributed by atoms with Crippen molar-refractivity contribution in [3.8, 4) is 17.6 Å². The molecule has 0 spiro atoms. The van der Waals surface area contributed by atoms with E-state index in [2.05, 4.69) is 11.8 Å². The maximum Gasteiger partial charge on any atom is 0.135 e. The molecule has 0 aliphatic rings. The van der Waals surface area contributed by atoms with Gasteiger partial charge in [-0.3, -0.25) is 0 Å². The minimum Gasteiger partial charge on any atom is -0.492 e. The average molecular weight is 208 g/mol. The topological polar surface area (TPSA) is 29.5 Å². The summed E-state index contributed by atoms with van der Waals surface area (Å²) in [5.74, 6) is 5.31. The molecule has 3 heteroatoms. The van der Waals surface area contributed by atoms with Gasteiger partial charge in [0.2, 0.25) is 0 Å². The van der Waals surface area contributed by atoms with Gasteiger partial charge in [0, 0.05) is 0 Å². The van der Waals surface area contributed by atoms with Crippen LogP contribution in [0.2, 0.25) is 0 Å². The highest BCUT2D eigenvalue weighted by atomic mass is 19.1. The first-order valence-corrected chi connectivity index (χ1v) is 4.80. The van der Waals surface area contributed by atoms with E-state index in [1.165, 1.54) is 12.1 Å². The second kappa shape index (κ2) is 6.05. The SMILES string of the molecule is CCCOc1ccc(F)cc1C#CCO. The van der Waals surface area contributed by atoms with Gasteiger partial charge in [-0.2, -0.15) is 0 Å². The summed E-state index contributed by atoms with van der Waals surface area (Å²) in [6, 6.07) is 4.18. The van der Waals surface area contributed by atoms with Crippen molar-refractivity contribution in [1.82, 2.24) is 0 Å². The number of rotatable bonds is 3. The maximum absolute atomic E-state index is 12.9. The van der Waals surface area contributed by atoms with Crippen molar-refractivity contribution in [2.24, 2.45) is 0 Å². The minimum absolute atomic E-state index is 0.246. The highest BCUT2D eigenvalue weighted by Crippen LogP contribution is 2.18. The molecule has 0 heterocycles. The van der Waals surface area contributed by atoms with Crippen molar-refractivity contribution in [1.29, 1.82) is 0 Å². The van der Waals surface area contributed by atoms with E-state index >= 15 is 0 Å². The van der Waals surface area contributed by atoms with Gasteiger partial charge in [-0.05, 0) is 24.6 Å². The first-order chi connectivity index (χ1) is 7.27. The Morgan fingerprint density at radius 3 is 2.93 bits per heavy atom. The van der Waals surface area contributed by atoms with Crippen LogP contribution in [0.5, 0.6) is 5.75 Å². The lowest BCUT2D eigenvalue weighted by atomic mass is 10.2. The molecule has 0 bridgehead atoms. The highest BCUT2D eigenvalue weighted by Gasteiger charge is 2.02. The molecular formula is C12H13FO2. The van der Waals surface area contributed by atoms with Gasteiger partial charge in [0.15, 0.2) is 0 Å². The number of aliphatic hydroxyl groups is 1. The van der Waals surface area contributed by atoms with Crippen molar-refractivity contribution in [3.63, 3.8) is 0 Å². The summed E-state index contributed by atoms with van der Waals surface area (Å²) in [5, 5.41) is 8.56. The fraction of sp³-hybridized carbons (Fsp3) is 0.333. The second-order valence-corrected chi connectivity index (χ2v) is 2.95. The first-order valence-electron chi connectivity index (χ1n) is 4.80. The van der Waals surface area contributed by atoms with Gasteiger partial charge < -0.3 is 9.84 Å². The molecule has 80 valence electrons. The average Bonchev–Trinajstić information content (AvgIpc) is 2.25. The molecular weight excluding hydrogens is 195 g/mol. The number of hydrogen-bond acceptors (Lipinski definition) is 2. The van der Waals surface area contributed by atoms with Crippen LogP contribution >= 0.6 is 0 Å². The van der Waals surface area contributed by atoms with E-state index in [0.29, 0.717) is 17.9 Å². The summed E-state index contributed by atoms with van der Waals surface area (Å²) < 4.78 is 18.3. The summed E-state index contributed by atoms with van der Waals surface area (Å²) in [4.78, 5) is 0. The smallest absolute Gasteiger partial charge is 0.135 e. The molecule has 1 rings (SSSR count). The lowest BCUT2D eigenvalue weighted by Crippen LogP contribution is -1.97. The Morgan fingerprint density at radius 1 is 1.47 bits per heavy atom. The van der Waals surface area contributed by atoms with Gasteiger partial charge >= 0.3 is 0 Å². The molecule has 0 radical (unpaired) electrons. The van der Waals surface area contributed by atoms with Crippen molar-refractivity contribution < 1.29 is 14.2 Å². The van der Waals surface area contributed by atoms with Crippen LogP contribution < -0.4 is 4.74 Å². The number of benzene rings is 1. The van der Waals surface area contributed by atoms with Crippen molar-refractivity contribution >= 4 is 0 Å². The standard InChI is InChI=1S/C12H13FO2/c1-2-8-15-12-6-5-11(13)9-10(12)4-3-7-14/h5-6,9,14H,2,7-8H2,1H3. The van der Waals surface area contributed by atoms with Crippen LogP contribution in [0.4, 0.5) is 4.39 Å². The molecule has 0 saturated heterocycles. The third-order valence-corrected chi connectivity index (χ3v) is 1.71. The van der Waals surface area contributed by atoms with Crippen LogP contribution in [0.15, 0.2) is 18.2 Å². The lowest BCUT2D eigenvalue weighted by Gasteiger charge is -2.06. The molecule has 1 N–H and O–H groups in total. The summed E-state index contributed by atoms with van der Waals surface area (Å²) in [6.07, 6.45) is 0.879. The van der Waals surface area contributed by atoms with Crippen LogP contribution in [0.1, 0.15) is 18.9 Å². The van der Waals surface area contributed by atoms with Gasteiger partial charge in [0.1, 0.15) is 18.2 Å². The molecule has 0 aromatic heterocycles. The monoisotopic (exact) mass is 208 g/mol. The predicted molar refractivity (Wildman–Crippen MR) is 56.1 cm³/mol. The Balaban J connectivity index is 2.92. The molecule has 2 nitrogen and oxygen atoms in total. The van der Waals surface area contributed by atoms with Crippen molar-refractivity contribution in [2.45, 2.75) is 13.3 Å². The van der Waals surface area contributed by atoms with E-state index in [9.17, 15) is 4.39 Å². The zero-order chi connectivity index (χ0) is 11.1. The van der Waals surface area contributed by atoms with Crippen LogP contribution in [0, 0.1) is 17.7 Å². The van der Waals surface area contributed by atoms with E-state index < -0.39 is 0 Å². The molecule has 0 unspecified atom stereocenters. The summed E-state index contributed by atoms with van der Waals surface area (Å²) in [7, 11) is 0. The maximum atomic E-state index is 12.9. The van der Waals surface area contributed by atoms with Gasteiger partial charge in [-0.15, -0.1) is 0 Å². The molecule has 0 saturated carbocycles. The zero-order valence-electron chi connectivity index (χ0n) is 8.59. The van der Waals surface area contributed by atoms with Gasteiger partial charge in [0.25, 0.3) is 0 Å². The minimum atomic E-state index is -0.360. The number of hydrogen-bond donors (Lipinski definition) is 1. The predicted octanol–water partition coefficient (Wildman–Crippen LogP) is 1.96. The Kier molecular flexibility index (Phi) is 4.65. The Morgan fingerprint density at radius 2 is 2.27 bits per heavy atom. The number of halogens is 1. The third-order valence-electron chi connectivity index (χ3n) is 1.71. The fourth-order valence-electron chi connectivity index (χ4n) is 1.07. The Hall–Kier alpha value is -1.53. The summed E-state index contributed by atoms with van der Waals surface area (Å²) >= 11 is 0. The highest BCUT2D eigenvalue weighted by molar-refractivity contribution is 5.46. The molecule has 1 aromatic carbocycles. The third kappa shape index (κ3) is 3.61. The van der Waals surface area contributed by atoms with E-state index in [4.69, 9.17) is 9.84 Å². The molecule has 15 heavy (non-hydrogen) atoms. The Labute approximate surface area is 88.7 Å². The summed E-state index contributed by atoms with van der Waals surface area (Å²) in [5.41, 5.74) is 0.470. The largest absolute Gasteiger partial charge is 0.492 e. The van der Waals surface area contributed by atoms with Gasteiger partial charge in [0.05, 0.1) is 12.2 Å². The van der Waals surface area contributed by atoms with Crippen molar-refractivity contribution in [2.75, 3.05) is 13.2 Å². The number of ether oxygens (including phenoxy) is 1. The molecule has 0 atom stereocenters. The molecule has 0 aliphatic heterocycles. The summed E-state index contributed by atoms with van der Waals surface area (Å²) in [6.45, 7) is 2.31. The molecule has 0 fully saturated rings. The van der Waals surface area contributed by atoms with Crippen LogP contribution in [-0.2, 0) is 0 Å². The Bertz CT molecular complexity index is 377. The number of aliphatic hydroxyl groups excluding tert-OH is 1. The normalized spacial score (nSPS) is 9.27. The zero-order valence-corrected chi connectivity index (χ0v) is 8.59. The second-order valence-electron chi connectivity index (χ2n) is 2.95. The lowest BCUT2D eigenvalue weighted by molar-refractivity contribution is 0.316. The van der Waals surface area contributed by atoms with E-state index in [1.54, 1.807) is 6.07 Å². The van der Waals surface area contributed by atoms with E-state index in [-0.39, 0.29) is 12.4 Å². The van der Waals surface area contributed by atoms with Crippen LogP contribution in [0.3, 0.4) is 0 Å². The van der Waals surface area contributed by atoms with Crippen LogP contribution in [-0.4, -0.2) is 18.3 Å².